The number of benzene rings is 2. The van der Waals surface area contributed by atoms with Gasteiger partial charge in [0.2, 0.25) is 0 Å². The van der Waals surface area contributed by atoms with E-state index in [4.69, 9.17) is 4.74 Å². The summed E-state index contributed by atoms with van der Waals surface area (Å²) < 4.78 is 20.5. The van der Waals surface area contributed by atoms with Gasteiger partial charge in [0.05, 0.1) is 7.11 Å². The Labute approximate surface area is 115 Å². The quantitative estimate of drug-likeness (QED) is 0.733. The Balaban J connectivity index is 2.08. The Bertz CT molecular complexity index is 725. The van der Waals surface area contributed by atoms with Gasteiger partial charge in [-0.25, -0.2) is 4.39 Å². The van der Waals surface area contributed by atoms with Gasteiger partial charge in [0.25, 0.3) is 0 Å². The number of para-hydroxylation sites is 1. The summed E-state index contributed by atoms with van der Waals surface area (Å²) in [7, 11) is 1.44. The zero-order chi connectivity index (χ0) is 13.9. The fourth-order valence-electron chi connectivity index (χ4n) is 2.01. The molecule has 0 N–H and O–H groups in total. The van der Waals surface area contributed by atoms with Crippen LogP contribution in [0, 0.1) is 5.82 Å². The van der Waals surface area contributed by atoms with Gasteiger partial charge in [0.1, 0.15) is 6.33 Å². The van der Waals surface area contributed by atoms with E-state index in [1.165, 1.54) is 13.2 Å². The molecule has 100 valence electrons. The monoisotopic (exact) mass is 269 g/mol. The van der Waals surface area contributed by atoms with E-state index in [9.17, 15) is 4.39 Å². The highest BCUT2D eigenvalue weighted by Crippen LogP contribution is 2.25. The molecule has 0 aliphatic heterocycles. The van der Waals surface area contributed by atoms with E-state index < -0.39 is 5.82 Å². The Morgan fingerprint density at radius 3 is 2.60 bits per heavy atom. The summed E-state index contributed by atoms with van der Waals surface area (Å²) in [6.07, 6.45) is 1.60. The van der Waals surface area contributed by atoms with Gasteiger partial charge in [-0.05, 0) is 30.3 Å². The van der Waals surface area contributed by atoms with Crippen LogP contribution in [0.3, 0.4) is 0 Å². The van der Waals surface area contributed by atoms with Crippen molar-refractivity contribution in [2.75, 3.05) is 7.11 Å². The molecule has 0 spiro atoms. The number of nitrogens with zero attached hydrogens (tertiary/aromatic N) is 3. The number of methoxy groups -OCH3 is 1. The number of ether oxygens (including phenoxy) is 1. The Hall–Kier alpha value is -2.69. The van der Waals surface area contributed by atoms with Crippen molar-refractivity contribution >= 4 is 0 Å². The van der Waals surface area contributed by atoms with Crippen LogP contribution in [0.15, 0.2) is 54.9 Å². The maximum Gasteiger partial charge on any atom is 0.168 e. The van der Waals surface area contributed by atoms with Crippen LogP contribution >= 0.6 is 0 Å². The summed E-state index contributed by atoms with van der Waals surface area (Å²) in [5.74, 6) is 0.366. The first-order valence-corrected chi connectivity index (χ1v) is 6.09. The van der Waals surface area contributed by atoms with Crippen LogP contribution in [-0.2, 0) is 0 Å². The number of hydrogen-bond donors (Lipinski definition) is 0. The third kappa shape index (κ3) is 2.14. The topological polar surface area (TPSA) is 39.9 Å². The molecule has 0 amide bonds. The standard InChI is InChI=1S/C15H12FN3O/c1-20-14-8-7-11(9-13(14)16)15-18-17-10-19(15)12-5-3-2-4-6-12/h2-10H,1H3. The molecule has 0 saturated carbocycles. The molecule has 2 aromatic carbocycles. The second-order valence-electron chi connectivity index (χ2n) is 4.21. The Morgan fingerprint density at radius 2 is 1.90 bits per heavy atom. The van der Waals surface area contributed by atoms with E-state index >= 15 is 0 Å². The summed E-state index contributed by atoms with van der Waals surface area (Å²) in [5.41, 5.74) is 1.56. The Morgan fingerprint density at radius 1 is 1.10 bits per heavy atom. The summed E-state index contributed by atoms with van der Waals surface area (Å²) in [4.78, 5) is 0. The average molecular weight is 269 g/mol. The molecule has 0 aliphatic rings. The fourth-order valence-corrected chi connectivity index (χ4v) is 2.01. The van der Waals surface area contributed by atoms with Crippen molar-refractivity contribution < 1.29 is 9.13 Å². The van der Waals surface area contributed by atoms with Crippen molar-refractivity contribution in [2.24, 2.45) is 0 Å². The molecule has 1 heterocycles. The summed E-state index contributed by atoms with van der Waals surface area (Å²) in [6.45, 7) is 0. The lowest BCUT2D eigenvalue weighted by Gasteiger charge is -2.07. The first kappa shape index (κ1) is 12.3. The lowest BCUT2D eigenvalue weighted by Crippen LogP contribution is -1.97. The molecule has 5 heteroatoms. The molecule has 0 aliphatic carbocycles. The lowest BCUT2D eigenvalue weighted by molar-refractivity contribution is 0.386. The second-order valence-corrected chi connectivity index (χ2v) is 4.21. The summed E-state index contributed by atoms with van der Waals surface area (Å²) in [6, 6.07) is 14.4. The molecule has 0 radical (unpaired) electrons. The molecule has 0 saturated heterocycles. The average Bonchev–Trinajstić information content (AvgIpc) is 2.97. The van der Waals surface area contributed by atoms with E-state index in [1.54, 1.807) is 23.0 Å². The number of rotatable bonds is 3. The molecule has 4 nitrogen and oxygen atoms in total. The van der Waals surface area contributed by atoms with Gasteiger partial charge < -0.3 is 4.74 Å². The van der Waals surface area contributed by atoms with Crippen LogP contribution in [0.4, 0.5) is 4.39 Å². The maximum absolute atomic E-state index is 13.8. The van der Waals surface area contributed by atoms with Crippen LogP contribution in [-0.4, -0.2) is 21.9 Å². The smallest absolute Gasteiger partial charge is 0.168 e. The molecular formula is C15H12FN3O. The Kier molecular flexibility index (Phi) is 3.16. The lowest BCUT2D eigenvalue weighted by atomic mass is 10.2. The van der Waals surface area contributed by atoms with Gasteiger partial charge in [-0.1, -0.05) is 18.2 Å². The predicted octanol–water partition coefficient (Wildman–Crippen LogP) is 3.08. The minimum atomic E-state index is -0.424. The largest absolute Gasteiger partial charge is 0.494 e. The van der Waals surface area contributed by atoms with Gasteiger partial charge in [0.15, 0.2) is 17.4 Å². The van der Waals surface area contributed by atoms with Gasteiger partial charge in [-0.3, -0.25) is 4.57 Å². The van der Waals surface area contributed by atoms with Crippen LogP contribution in [0.2, 0.25) is 0 Å². The van der Waals surface area contributed by atoms with Crippen molar-refractivity contribution in [1.29, 1.82) is 0 Å². The molecule has 20 heavy (non-hydrogen) atoms. The highest BCUT2D eigenvalue weighted by Gasteiger charge is 2.11. The van der Waals surface area contributed by atoms with Crippen molar-refractivity contribution in [1.82, 2.24) is 14.8 Å². The van der Waals surface area contributed by atoms with E-state index in [-0.39, 0.29) is 5.75 Å². The van der Waals surface area contributed by atoms with Gasteiger partial charge in [0, 0.05) is 11.3 Å². The van der Waals surface area contributed by atoms with E-state index in [1.807, 2.05) is 30.3 Å². The maximum atomic E-state index is 13.8. The van der Waals surface area contributed by atoms with Crippen LogP contribution < -0.4 is 4.74 Å². The van der Waals surface area contributed by atoms with Gasteiger partial charge >= 0.3 is 0 Å². The van der Waals surface area contributed by atoms with Crippen LogP contribution in [0.1, 0.15) is 0 Å². The first-order chi connectivity index (χ1) is 9.79. The van der Waals surface area contributed by atoms with E-state index in [0.29, 0.717) is 11.4 Å². The molecule has 1 aromatic heterocycles. The van der Waals surface area contributed by atoms with Gasteiger partial charge in [-0.15, -0.1) is 10.2 Å². The molecule has 3 rings (SSSR count). The number of aromatic nitrogens is 3. The fraction of sp³-hybridized carbons (Fsp3) is 0.0667. The molecule has 0 unspecified atom stereocenters. The summed E-state index contributed by atoms with van der Waals surface area (Å²) >= 11 is 0. The normalized spacial score (nSPS) is 10.5. The SMILES string of the molecule is COc1ccc(-c2nncn2-c2ccccc2)cc1F. The molecule has 0 bridgehead atoms. The van der Waals surface area contributed by atoms with Crippen molar-refractivity contribution in [3.63, 3.8) is 0 Å². The third-order valence-corrected chi connectivity index (χ3v) is 2.99. The zero-order valence-electron chi connectivity index (χ0n) is 10.8. The third-order valence-electron chi connectivity index (χ3n) is 2.99. The van der Waals surface area contributed by atoms with E-state index in [2.05, 4.69) is 10.2 Å². The van der Waals surface area contributed by atoms with Crippen molar-refractivity contribution in [3.8, 4) is 22.8 Å². The highest BCUT2D eigenvalue weighted by atomic mass is 19.1. The van der Waals surface area contributed by atoms with E-state index in [0.717, 1.165) is 5.69 Å². The van der Waals surface area contributed by atoms with Crippen LogP contribution in [0.5, 0.6) is 5.75 Å². The first-order valence-electron chi connectivity index (χ1n) is 6.09. The summed E-state index contributed by atoms with van der Waals surface area (Å²) in [5, 5.41) is 7.97. The predicted molar refractivity (Wildman–Crippen MR) is 73.3 cm³/mol. The van der Waals surface area contributed by atoms with Crippen LogP contribution in [0.25, 0.3) is 17.1 Å². The minimum absolute atomic E-state index is 0.208. The van der Waals surface area contributed by atoms with Gasteiger partial charge in [-0.2, -0.15) is 0 Å². The van der Waals surface area contributed by atoms with Crippen molar-refractivity contribution in [3.05, 3.63) is 60.7 Å². The number of hydrogen-bond acceptors (Lipinski definition) is 3. The zero-order valence-corrected chi connectivity index (χ0v) is 10.8. The number of halogens is 1. The molecule has 0 fully saturated rings. The molecular weight excluding hydrogens is 257 g/mol. The second kappa shape index (κ2) is 5.13. The van der Waals surface area contributed by atoms with Crippen molar-refractivity contribution in [2.45, 2.75) is 0 Å². The highest BCUT2D eigenvalue weighted by molar-refractivity contribution is 5.59. The minimum Gasteiger partial charge on any atom is -0.494 e. The molecule has 3 aromatic rings. The molecule has 0 atom stereocenters.